The summed E-state index contributed by atoms with van der Waals surface area (Å²) in [5.74, 6) is 0.0758. The second-order valence-electron chi connectivity index (χ2n) is 4.40. The van der Waals surface area contributed by atoms with Gasteiger partial charge in [0.25, 0.3) is 0 Å². The van der Waals surface area contributed by atoms with E-state index >= 15 is 0 Å². The number of ketones is 1. The Kier molecular flexibility index (Phi) is 7.05. The maximum absolute atomic E-state index is 11.1. The minimum Gasteiger partial charge on any atom is -0.400 e. The average molecular weight is 260 g/mol. The van der Waals surface area contributed by atoms with Crippen molar-refractivity contribution in [2.75, 3.05) is 0 Å². The Morgan fingerprint density at radius 2 is 1.62 bits per heavy atom. The van der Waals surface area contributed by atoms with Crippen LogP contribution in [-0.4, -0.2) is 31.6 Å². The van der Waals surface area contributed by atoms with Crippen molar-refractivity contribution >= 4 is 25.3 Å². The molecule has 0 aromatic heterocycles. The van der Waals surface area contributed by atoms with Crippen LogP contribution in [0.25, 0.3) is 0 Å². The Hall–Kier alpha value is -0.236. The highest BCUT2D eigenvalue weighted by Gasteiger charge is 2.32. The van der Waals surface area contributed by atoms with Crippen LogP contribution in [0.1, 0.15) is 27.7 Å². The van der Waals surface area contributed by atoms with Crippen molar-refractivity contribution < 1.29 is 13.6 Å². The van der Waals surface area contributed by atoms with Crippen LogP contribution < -0.4 is 0 Å². The largest absolute Gasteiger partial charge is 0.400 e. The van der Waals surface area contributed by atoms with Crippen LogP contribution >= 0.6 is 0 Å². The molecule has 0 unspecified atom stereocenters. The minimum atomic E-state index is -0.508. The van der Waals surface area contributed by atoms with Gasteiger partial charge in [0.15, 0.2) is 25.3 Å². The molecule has 0 aliphatic rings. The third-order valence-corrected chi connectivity index (χ3v) is 3.93. The summed E-state index contributed by atoms with van der Waals surface area (Å²) in [6.45, 7) is 11.9. The van der Waals surface area contributed by atoms with Gasteiger partial charge in [-0.15, -0.1) is 0 Å². The zero-order valence-electron chi connectivity index (χ0n) is 11.3. The maximum Gasteiger partial charge on any atom is 0.161 e. The van der Waals surface area contributed by atoms with Crippen LogP contribution in [0, 0.1) is 5.41 Å². The molecule has 0 aliphatic carbocycles. The molecule has 0 radical (unpaired) electrons. The van der Waals surface area contributed by atoms with Crippen molar-refractivity contribution in [1.82, 2.24) is 0 Å². The smallest absolute Gasteiger partial charge is 0.161 e. The number of allylic oxidation sites excluding steroid dienone is 1. The van der Waals surface area contributed by atoms with Crippen molar-refractivity contribution in [3.63, 3.8) is 0 Å². The van der Waals surface area contributed by atoms with E-state index in [1.807, 2.05) is 6.92 Å². The lowest BCUT2D eigenvalue weighted by molar-refractivity contribution is -0.112. The van der Waals surface area contributed by atoms with Gasteiger partial charge in [-0.05, 0) is 19.9 Å². The molecule has 0 spiro atoms. The van der Waals surface area contributed by atoms with Gasteiger partial charge in [0.05, 0.1) is 0 Å². The molecular formula is C11H24O3Si2. The lowest BCUT2D eigenvalue weighted by Gasteiger charge is -2.35. The molecule has 0 fully saturated rings. The molecule has 0 amide bonds. The predicted molar refractivity (Wildman–Crippen MR) is 73.0 cm³/mol. The van der Waals surface area contributed by atoms with Gasteiger partial charge in [0, 0.05) is 5.41 Å². The highest BCUT2D eigenvalue weighted by atomic mass is 28.2. The Morgan fingerprint density at radius 1 is 1.19 bits per heavy atom. The second kappa shape index (κ2) is 7.16. The SMILES string of the molecule is C[SiH2]OC(O[SiH2]C)C(C)(C)C(C)=CC(C)=O. The van der Waals surface area contributed by atoms with Crippen LogP contribution in [0.3, 0.4) is 0 Å². The summed E-state index contributed by atoms with van der Waals surface area (Å²) in [5.41, 5.74) is 0.799. The first kappa shape index (κ1) is 15.8. The highest BCUT2D eigenvalue weighted by Crippen LogP contribution is 2.32. The van der Waals surface area contributed by atoms with E-state index < -0.39 is 19.5 Å². The molecule has 0 aromatic rings. The first-order valence-corrected chi connectivity index (χ1v) is 9.77. The van der Waals surface area contributed by atoms with Crippen molar-refractivity contribution in [3.05, 3.63) is 11.6 Å². The number of hydrogen-bond acceptors (Lipinski definition) is 3. The molecule has 0 saturated carbocycles. The molecule has 0 N–H and O–H groups in total. The average Bonchev–Trinajstić information content (AvgIpc) is 2.16. The molecule has 0 saturated heterocycles. The fraction of sp³-hybridized carbons (Fsp3) is 0.727. The van der Waals surface area contributed by atoms with E-state index in [0.717, 1.165) is 5.57 Å². The second-order valence-corrected chi connectivity index (χ2v) is 6.22. The van der Waals surface area contributed by atoms with Gasteiger partial charge >= 0.3 is 0 Å². The van der Waals surface area contributed by atoms with E-state index in [2.05, 4.69) is 26.9 Å². The van der Waals surface area contributed by atoms with Crippen LogP contribution in [0.2, 0.25) is 13.1 Å². The van der Waals surface area contributed by atoms with E-state index in [-0.39, 0.29) is 17.5 Å². The quantitative estimate of drug-likeness (QED) is 0.392. The normalized spacial score (nSPS) is 16.5. The van der Waals surface area contributed by atoms with Gasteiger partial charge in [0.1, 0.15) is 6.29 Å². The predicted octanol–water partition coefficient (Wildman–Crippen LogP) is 1.17. The van der Waals surface area contributed by atoms with E-state index in [0.29, 0.717) is 0 Å². The molecule has 16 heavy (non-hydrogen) atoms. The summed E-state index contributed by atoms with van der Waals surface area (Å²) in [7, 11) is -1.02. The molecule has 0 bridgehead atoms. The molecule has 94 valence electrons. The first-order valence-electron chi connectivity index (χ1n) is 5.78. The van der Waals surface area contributed by atoms with Gasteiger partial charge in [-0.3, -0.25) is 4.79 Å². The van der Waals surface area contributed by atoms with Gasteiger partial charge < -0.3 is 8.85 Å². The summed E-state index contributed by atoms with van der Waals surface area (Å²) in [5, 5.41) is 0. The number of hydrogen-bond donors (Lipinski definition) is 0. The fourth-order valence-corrected chi connectivity index (χ4v) is 3.27. The van der Waals surface area contributed by atoms with Crippen molar-refractivity contribution in [2.24, 2.45) is 5.41 Å². The van der Waals surface area contributed by atoms with Crippen LogP contribution in [-0.2, 0) is 13.6 Å². The maximum atomic E-state index is 11.1. The lowest BCUT2D eigenvalue weighted by atomic mass is 9.84. The molecule has 0 atom stereocenters. The van der Waals surface area contributed by atoms with Crippen molar-refractivity contribution in [3.8, 4) is 0 Å². The van der Waals surface area contributed by atoms with Gasteiger partial charge in [-0.2, -0.15) is 0 Å². The Labute approximate surface area is 103 Å². The van der Waals surface area contributed by atoms with Crippen molar-refractivity contribution in [1.29, 1.82) is 0 Å². The Balaban J connectivity index is 4.88. The van der Waals surface area contributed by atoms with Gasteiger partial charge in [-0.25, -0.2) is 0 Å². The minimum absolute atomic E-state index is 0.0758. The van der Waals surface area contributed by atoms with Crippen molar-refractivity contribution in [2.45, 2.75) is 47.1 Å². The van der Waals surface area contributed by atoms with Crippen LogP contribution in [0.4, 0.5) is 0 Å². The lowest BCUT2D eigenvalue weighted by Crippen LogP contribution is -2.37. The summed E-state index contributed by atoms with van der Waals surface area (Å²) in [6, 6.07) is 0. The highest BCUT2D eigenvalue weighted by molar-refractivity contribution is 6.26. The Bertz CT molecular complexity index is 256. The molecule has 3 nitrogen and oxygen atoms in total. The van der Waals surface area contributed by atoms with Crippen LogP contribution in [0.5, 0.6) is 0 Å². The van der Waals surface area contributed by atoms with E-state index in [9.17, 15) is 4.79 Å². The summed E-state index contributed by atoms with van der Waals surface area (Å²) in [4.78, 5) is 11.1. The molecular weight excluding hydrogens is 236 g/mol. The third kappa shape index (κ3) is 4.73. The molecule has 5 heteroatoms. The van der Waals surface area contributed by atoms with E-state index in [1.54, 1.807) is 13.0 Å². The molecule has 0 aliphatic heterocycles. The summed E-state index contributed by atoms with van der Waals surface area (Å²) < 4.78 is 11.5. The fourth-order valence-electron chi connectivity index (χ4n) is 1.44. The van der Waals surface area contributed by atoms with E-state index in [1.165, 1.54) is 0 Å². The standard InChI is InChI=1S/C11H24O3Si2/c1-8(7-9(2)12)11(3,4)10(13-15-5)14-16-6/h7,10H,15-16H2,1-6H3. The molecule has 0 heterocycles. The number of carbonyl (C=O) groups is 1. The topological polar surface area (TPSA) is 35.5 Å². The van der Waals surface area contributed by atoms with Crippen LogP contribution in [0.15, 0.2) is 11.6 Å². The third-order valence-electron chi connectivity index (χ3n) is 2.66. The molecule has 0 aromatic carbocycles. The zero-order chi connectivity index (χ0) is 12.8. The number of rotatable bonds is 7. The monoisotopic (exact) mass is 260 g/mol. The van der Waals surface area contributed by atoms with Gasteiger partial charge in [0.2, 0.25) is 0 Å². The Morgan fingerprint density at radius 3 is 1.94 bits per heavy atom. The zero-order valence-corrected chi connectivity index (χ0v) is 14.1. The summed E-state index contributed by atoms with van der Waals surface area (Å²) >= 11 is 0. The summed E-state index contributed by atoms with van der Waals surface area (Å²) in [6.07, 6.45) is 1.49. The van der Waals surface area contributed by atoms with Gasteiger partial charge in [-0.1, -0.05) is 32.5 Å². The first-order chi connectivity index (χ1) is 7.36. The number of carbonyl (C=O) groups excluding carboxylic acids is 1. The van der Waals surface area contributed by atoms with E-state index in [4.69, 9.17) is 8.85 Å². The molecule has 0 rings (SSSR count).